The van der Waals surface area contributed by atoms with Gasteiger partial charge >= 0.3 is 0 Å². The lowest BCUT2D eigenvalue weighted by molar-refractivity contribution is 0.0760. The molecule has 1 heterocycles. The van der Waals surface area contributed by atoms with Crippen molar-refractivity contribution in [3.63, 3.8) is 0 Å². The van der Waals surface area contributed by atoms with E-state index in [9.17, 15) is 4.79 Å². The minimum atomic E-state index is -0.0699. The highest BCUT2D eigenvalue weighted by molar-refractivity contribution is 7.18. The monoisotopic (exact) mass is 256 g/mol. The van der Waals surface area contributed by atoms with Crippen LogP contribution >= 0.6 is 11.3 Å². The Balaban J connectivity index is 2.83. The number of nitrogens with one attached hydrogen (secondary N) is 1. The Morgan fingerprint density at radius 1 is 1.59 bits per heavy atom. The highest BCUT2D eigenvalue weighted by Gasteiger charge is 2.21. The fraction of sp³-hybridized carbons (Fsp3) is 0.636. The van der Waals surface area contributed by atoms with Crippen LogP contribution in [0.5, 0.6) is 0 Å². The molecule has 0 saturated carbocycles. The fourth-order valence-corrected chi connectivity index (χ4v) is 2.08. The van der Waals surface area contributed by atoms with E-state index in [1.165, 1.54) is 11.3 Å². The zero-order valence-electron chi connectivity index (χ0n) is 10.8. The molecule has 0 aromatic carbocycles. The van der Waals surface area contributed by atoms with Gasteiger partial charge in [-0.3, -0.25) is 4.79 Å². The Hall–Kier alpha value is -1.30. The van der Waals surface area contributed by atoms with Crippen LogP contribution in [0.3, 0.4) is 0 Å². The number of nitrogen functional groups attached to an aromatic ring is 1. The number of hydrogen-bond donors (Lipinski definition) is 2. The van der Waals surface area contributed by atoms with Crippen molar-refractivity contribution in [1.29, 1.82) is 0 Å². The molecule has 17 heavy (non-hydrogen) atoms. The van der Waals surface area contributed by atoms with Gasteiger partial charge in [0.1, 0.15) is 10.7 Å². The summed E-state index contributed by atoms with van der Waals surface area (Å²) < 4.78 is 0. The van der Waals surface area contributed by atoms with Crippen molar-refractivity contribution in [3.05, 3.63) is 4.88 Å². The van der Waals surface area contributed by atoms with Gasteiger partial charge in [-0.2, -0.15) is 0 Å². The lowest BCUT2D eigenvalue weighted by Gasteiger charge is -2.20. The van der Waals surface area contributed by atoms with Crippen molar-refractivity contribution in [3.8, 4) is 0 Å². The zero-order chi connectivity index (χ0) is 13.0. The summed E-state index contributed by atoms with van der Waals surface area (Å²) in [5.74, 6) is 0.241. The van der Waals surface area contributed by atoms with Crippen LogP contribution in [0.2, 0.25) is 0 Å². The second-order valence-corrected chi connectivity index (χ2v) is 5.17. The van der Waals surface area contributed by atoms with Crippen molar-refractivity contribution >= 4 is 28.2 Å². The van der Waals surface area contributed by atoms with Crippen LogP contribution in [0.4, 0.5) is 10.9 Å². The molecule has 1 aromatic heterocycles. The normalized spacial score (nSPS) is 10.6. The molecular formula is C11H20N4OS. The van der Waals surface area contributed by atoms with E-state index < -0.39 is 0 Å². The van der Waals surface area contributed by atoms with E-state index in [2.05, 4.69) is 17.2 Å². The summed E-state index contributed by atoms with van der Waals surface area (Å²) in [6.07, 6.45) is 1.01. The number of thiazole rings is 1. The molecule has 0 fully saturated rings. The van der Waals surface area contributed by atoms with E-state index >= 15 is 0 Å². The van der Waals surface area contributed by atoms with Crippen LogP contribution in [-0.4, -0.2) is 35.4 Å². The molecule has 1 aromatic rings. The molecule has 5 nitrogen and oxygen atoms in total. The number of nitrogens with two attached hydrogens (primary N) is 1. The van der Waals surface area contributed by atoms with E-state index in [1.54, 1.807) is 11.9 Å². The lowest BCUT2D eigenvalue weighted by Crippen LogP contribution is -2.32. The zero-order valence-corrected chi connectivity index (χ0v) is 11.6. The molecule has 0 unspecified atom stereocenters. The van der Waals surface area contributed by atoms with Crippen LogP contribution in [0.1, 0.15) is 36.9 Å². The number of nitrogens with zero attached hydrogens (tertiary/aromatic N) is 2. The van der Waals surface area contributed by atoms with Gasteiger partial charge in [0, 0.05) is 19.6 Å². The number of carbonyl (C=O) groups is 1. The maximum Gasteiger partial charge on any atom is 0.267 e. The highest BCUT2D eigenvalue weighted by Crippen LogP contribution is 2.26. The number of rotatable bonds is 5. The first kappa shape index (κ1) is 13.8. The van der Waals surface area contributed by atoms with Gasteiger partial charge in [-0.1, -0.05) is 18.3 Å². The number of anilines is 2. The first-order valence-corrected chi connectivity index (χ1v) is 6.56. The van der Waals surface area contributed by atoms with Gasteiger partial charge in [-0.15, -0.1) is 0 Å². The quantitative estimate of drug-likeness (QED) is 0.845. The highest BCUT2D eigenvalue weighted by atomic mass is 32.1. The van der Waals surface area contributed by atoms with Gasteiger partial charge in [0.15, 0.2) is 5.13 Å². The molecule has 0 aliphatic carbocycles. The van der Waals surface area contributed by atoms with Crippen LogP contribution in [0.15, 0.2) is 0 Å². The minimum absolute atomic E-state index is 0.0699. The summed E-state index contributed by atoms with van der Waals surface area (Å²) in [4.78, 5) is 18.4. The van der Waals surface area contributed by atoms with Gasteiger partial charge in [0.2, 0.25) is 0 Å². The maximum absolute atomic E-state index is 12.1. The van der Waals surface area contributed by atoms with Gasteiger partial charge in [0.05, 0.1) is 0 Å². The Bertz CT molecular complexity index is 389. The van der Waals surface area contributed by atoms with E-state index in [-0.39, 0.29) is 11.9 Å². The van der Waals surface area contributed by atoms with E-state index in [0.29, 0.717) is 15.8 Å². The summed E-state index contributed by atoms with van der Waals surface area (Å²) in [7, 11) is 1.77. The van der Waals surface area contributed by atoms with E-state index in [0.717, 1.165) is 13.0 Å². The van der Waals surface area contributed by atoms with Crippen LogP contribution in [0, 0.1) is 0 Å². The third-order valence-corrected chi connectivity index (χ3v) is 3.49. The minimum Gasteiger partial charge on any atom is -0.382 e. The molecule has 1 amide bonds. The molecule has 0 saturated heterocycles. The van der Waals surface area contributed by atoms with Crippen molar-refractivity contribution in [2.45, 2.75) is 33.2 Å². The summed E-state index contributed by atoms with van der Waals surface area (Å²) in [5.41, 5.74) is 5.76. The van der Waals surface area contributed by atoms with Crippen molar-refractivity contribution in [1.82, 2.24) is 9.88 Å². The van der Waals surface area contributed by atoms with Gasteiger partial charge in [-0.05, 0) is 20.3 Å². The molecule has 0 atom stereocenters. The average molecular weight is 256 g/mol. The second kappa shape index (κ2) is 5.86. The SMILES string of the molecule is CCCNc1nc(N)c(C(=O)N(C)C(C)C)s1. The number of aromatic nitrogens is 1. The predicted molar refractivity (Wildman–Crippen MR) is 72.5 cm³/mol. The Kier molecular flexibility index (Phi) is 4.74. The predicted octanol–water partition coefficient (Wildman–Crippen LogP) is 2.03. The van der Waals surface area contributed by atoms with Gasteiger partial charge < -0.3 is 16.0 Å². The molecule has 0 aliphatic heterocycles. The molecule has 0 aliphatic rings. The Morgan fingerprint density at radius 2 is 2.24 bits per heavy atom. The van der Waals surface area contributed by atoms with Crippen LogP contribution in [-0.2, 0) is 0 Å². The fourth-order valence-electron chi connectivity index (χ4n) is 1.19. The number of carbonyl (C=O) groups excluding carboxylic acids is 1. The Labute approximate surface area is 106 Å². The molecule has 0 spiro atoms. The topological polar surface area (TPSA) is 71.2 Å². The summed E-state index contributed by atoms with van der Waals surface area (Å²) in [5, 5.41) is 3.85. The van der Waals surface area contributed by atoms with Crippen molar-refractivity contribution < 1.29 is 4.79 Å². The van der Waals surface area contributed by atoms with Gasteiger partial charge in [0.25, 0.3) is 5.91 Å². The van der Waals surface area contributed by atoms with Crippen molar-refractivity contribution in [2.24, 2.45) is 0 Å². The van der Waals surface area contributed by atoms with E-state index in [4.69, 9.17) is 5.73 Å². The van der Waals surface area contributed by atoms with Crippen molar-refractivity contribution in [2.75, 3.05) is 24.6 Å². The standard InChI is InChI=1S/C11H20N4OS/c1-5-6-13-11-14-9(12)8(17-11)10(16)15(4)7(2)3/h7H,5-6,12H2,1-4H3,(H,13,14). The molecule has 96 valence electrons. The van der Waals surface area contributed by atoms with Gasteiger partial charge in [-0.25, -0.2) is 4.98 Å². The first-order valence-electron chi connectivity index (χ1n) is 5.74. The molecular weight excluding hydrogens is 236 g/mol. The third kappa shape index (κ3) is 3.33. The lowest BCUT2D eigenvalue weighted by atomic mass is 10.3. The average Bonchev–Trinajstić information content (AvgIpc) is 2.65. The second-order valence-electron chi connectivity index (χ2n) is 4.17. The molecule has 0 radical (unpaired) electrons. The summed E-state index contributed by atoms with van der Waals surface area (Å²) in [6, 6.07) is 0.149. The molecule has 6 heteroatoms. The summed E-state index contributed by atoms with van der Waals surface area (Å²) >= 11 is 1.31. The smallest absolute Gasteiger partial charge is 0.267 e. The van der Waals surface area contributed by atoms with E-state index in [1.807, 2.05) is 13.8 Å². The number of hydrogen-bond acceptors (Lipinski definition) is 5. The maximum atomic E-state index is 12.1. The molecule has 0 bridgehead atoms. The van der Waals surface area contributed by atoms with Crippen LogP contribution < -0.4 is 11.1 Å². The van der Waals surface area contributed by atoms with Crippen LogP contribution in [0.25, 0.3) is 0 Å². The Morgan fingerprint density at radius 3 is 2.76 bits per heavy atom. The molecule has 1 rings (SSSR count). The number of amides is 1. The molecule has 3 N–H and O–H groups in total. The largest absolute Gasteiger partial charge is 0.382 e. The third-order valence-electron chi connectivity index (χ3n) is 2.47. The first-order chi connectivity index (χ1) is 7.97. The summed E-state index contributed by atoms with van der Waals surface area (Å²) in [6.45, 7) is 6.83.